The first-order valence-electron chi connectivity index (χ1n) is 5.54. The van der Waals surface area contributed by atoms with Gasteiger partial charge in [-0.15, -0.1) is 11.3 Å². The van der Waals surface area contributed by atoms with Gasteiger partial charge in [-0.3, -0.25) is 4.57 Å². The Labute approximate surface area is 126 Å². The van der Waals surface area contributed by atoms with Crippen molar-refractivity contribution in [3.05, 3.63) is 55.7 Å². The maximum absolute atomic E-state index is 11.5. The molecule has 19 heavy (non-hydrogen) atoms. The Morgan fingerprint density at radius 1 is 1.42 bits per heavy atom. The number of nitrogens with zero attached hydrogens (tertiary/aromatic N) is 1. The van der Waals surface area contributed by atoms with E-state index in [9.17, 15) is 4.79 Å². The van der Waals surface area contributed by atoms with Crippen molar-refractivity contribution in [1.82, 2.24) is 4.57 Å². The van der Waals surface area contributed by atoms with Crippen molar-refractivity contribution >= 4 is 50.0 Å². The molecule has 98 valence electrons. The van der Waals surface area contributed by atoms with E-state index in [1.165, 1.54) is 4.57 Å². The zero-order valence-electron chi connectivity index (χ0n) is 9.89. The first-order valence-corrected chi connectivity index (χ1v) is 7.71. The first-order chi connectivity index (χ1) is 9.08. The molecule has 3 nitrogen and oxygen atoms in total. The molecular formula is C13H9BrClNO2S. The standard InChI is InChI=1S/C13H9BrClNO2S/c1-16-9-3-2-7(6-10(9)18-13(16)17)11(14)12-8(15)4-5-19-12/h2-6,11H,1H3. The number of aryl methyl sites for hydroxylation is 1. The van der Waals surface area contributed by atoms with Crippen molar-refractivity contribution < 1.29 is 4.42 Å². The third-order valence-corrected chi connectivity index (χ3v) is 5.70. The third-order valence-electron chi connectivity index (χ3n) is 2.98. The van der Waals surface area contributed by atoms with Crippen molar-refractivity contribution in [3.63, 3.8) is 0 Å². The summed E-state index contributed by atoms with van der Waals surface area (Å²) in [5.41, 5.74) is 2.37. The summed E-state index contributed by atoms with van der Waals surface area (Å²) in [6, 6.07) is 7.58. The molecule has 0 amide bonds. The van der Waals surface area contributed by atoms with Gasteiger partial charge in [-0.1, -0.05) is 33.6 Å². The Hall–Kier alpha value is -1.04. The van der Waals surface area contributed by atoms with E-state index in [4.69, 9.17) is 16.0 Å². The monoisotopic (exact) mass is 357 g/mol. The minimum absolute atomic E-state index is 0.00471. The summed E-state index contributed by atoms with van der Waals surface area (Å²) in [4.78, 5) is 12.5. The van der Waals surface area contributed by atoms with E-state index in [1.807, 2.05) is 29.6 Å². The molecule has 0 saturated heterocycles. The highest BCUT2D eigenvalue weighted by molar-refractivity contribution is 9.09. The summed E-state index contributed by atoms with van der Waals surface area (Å²) in [6.45, 7) is 0. The van der Waals surface area contributed by atoms with Gasteiger partial charge in [0.25, 0.3) is 0 Å². The largest absolute Gasteiger partial charge is 0.419 e. The van der Waals surface area contributed by atoms with Crippen LogP contribution in [0.15, 0.2) is 38.9 Å². The normalized spacial score (nSPS) is 13.0. The smallest absolute Gasteiger partial charge is 0.408 e. The second-order valence-electron chi connectivity index (χ2n) is 4.15. The van der Waals surface area contributed by atoms with Gasteiger partial charge in [0, 0.05) is 11.9 Å². The van der Waals surface area contributed by atoms with Crippen LogP contribution in [-0.4, -0.2) is 4.57 Å². The minimum Gasteiger partial charge on any atom is -0.408 e. The molecule has 1 atom stereocenters. The van der Waals surface area contributed by atoms with Gasteiger partial charge in [0.2, 0.25) is 0 Å². The van der Waals surface area contributed by atoms with Crippen molar-refractivity contribution in [2.45, 2.75) is 4.83 Å². The number of aromatic nitrogens is 1. The van der Waals surface area contributed by atoms with Gasteiger partial charge in [0.1, 0.15) is 0 Å². The van der Waals surface area contributed by atoms with Crippen molar-refractivity contribution in [2.24, 2.45) is 7.05 Å². The SMILES string of the molecule is Cn1c(=O)oc2cc(C(Br)c3sccc3Cl)ccc21. The van der Waals surface area contributed by atoms with E-state index in [1.54, 1.807) is 18.4 Å². The number of benzene rings is 1. The molecule has 2 heterocycles. The lowest BCUT2D eigenvalue weighted by atomic mass is 10.1. The Morgan fingerprint density at radius 2 is 2.21 bits per heavy atom. The Bertz CT molecular complexity index is 804. The lowest BCUT2D eigenvalue weighted by Crippen LogP contribution is -2.08. The van der Waals surface area contributed by atoms with Gasteiger partial charge >= 0.3 is 5.76 Å². The lowest BCUT2D eigenvalue weighted by Gasteiger charge is -2.08. The van der Waals surface area contributed by atoms with Gasteiger partial charge in [0.15, 0.2) is 5.58 Å². The van der Waals surface area contributed by atoms with Crippen LogP contribution in [0.3, 0.4) is 0 Å². The van der Waals surface area contributed by atoms with Gasteiger partial charge in [-0.05, 0) is 29.1 Å². The molecule has 3 aromatic rings. The first kappa shape index (κ1) is 13.0. The van der Waals surface area contributed by atoms with Crippen LogP contribution in [-0.2, 0) is 7.05 Å². The second kappa shape index (κ2) is 4.81. The summed E-state index contributed by atoms with van der Waals surface area (Å²) >= 11 is 11.4. The predicted octanol–water partition coefficient (Wildman–Crippen LogP) is 4.33. The second-order valence-corrected chi connectivity index (χ2v) is 6.42. The molecule has 3 rings (SSSR count). The zero-order valence-corrected chi connectivity index (χ0v) is 13.1. The van der Waals surface area contributed by atoms with E-state index >= 15 is 0 Å². The number of fused-ring (bicyclic) bond motifs is 1. The Balaban J connectivity index is 2.11. The number of rotatable bonds is 2. The van der Waals surface area contributed by atoms with Crippen LogP contribution in [0.25, 0.3) is 11.1 Å². The van der Waals surface area contributed by atoms with Crippen LogP contribution < -0.4 is 5.76 Å². The number of thiophene rings is 1. The molecule has 0 spiro atoms. The van der Waals surface area contributed by atoms with Crippen LogP contribution in [0.4, 0.5) is 0 Å². The fourth-order valence-electron chi connectivity index (χ4n) is 1.95. The molecule has 0 aliphatic rings. The summed E-state index contributed by atoms with van der Waals surface area (Å²) in [5, 5.41) is 2.69. The van der Waals surface area contributed by atoms with Crippen LogP contribution >= 0.6 is 38.9 Å². The van der Waals surface area contributed by atoms with Crippen LogP contribution in [0, 0.1) is 0 Å². The number of hydrogen-bond acceptors (Lipinski definition) is 3. The fourth-order valence-corrected chi connectivity index (χ4v) is 4.10. The van der Waals surface area contributed by atoms with E-state index < -0.39 is 0 Å². The Kier molecular flexibility index (Phi) is 3.28. The number of oxazole rings is 1. The average molecular weight is 359 g/mol. The molecule has 0 bridgehead atoms. The van der Waals surface area contributed by atoms with Crippen LogP contribution in [0.1, 0.15) is 15.3 Å². The molecule has 1 aromatic carbocycles. The summed E-state index contributed by atoms with van der Waals surface area (Å²) in [5.74, 6) is -0.354. The molecule has 2 aromatic heterocycles. The number of alkyl halides is 1. The molecule has 1 unspecified atom stereocenters. The quantitative estimate of drug-likeness (QED) is 0.639. The van der Waals surface area contributed by atoms with Crippen molar-refractivity contribution in [1.29, 1.82) is 0 Å². The zero-order chi connectivity index (χ0) is 13.6. The van der Waals surface area contributed by atoms with E-state index in [2.05, 4.69) is 15.9 Å². The van der Waals surface area contributed by atoms with Crippen LogP contribution in [0.2, 0.25) is 5.02 Å². The molecule has 0 radical (unpaired) electrons. The topological polar surface area (TPSA) is 35.1 Å². The highest BCUT2D eigenvalue weighted by Gasteiger charge is 2.17. The van der Waals surface area contributed by atoms with Crippen LogP contribution in [0.5, 0.6) is 0 Å². The maximum atomic E-state index is 11.5. The molecule has 0 N–H and O–H groups in total. The molecule has 0 aliphatic heterocycles. The van der Waals surface area contributed by atoms with Gasteiger partial charge in [-0.2, -0.15) is 0 Å². The predicted molar refractivity (Wildman–Crippen MR) is 81.6 cm³/mol. The van der Waals surface area contributed by atoms with Crippen molar-refractivity contribution in [2.75, 3.05) is 0 Å². The van der Waals surface area contributed by atoms with Crippen molar-refractivity contribution in [3.8, 4) is 0 Å². The molecule has 0 aliphatic carbocycles. The number of halogens is 2. The molecule has 6 heteroatoms. The molecular weight excluding hydrogens is 350 g/mol. The highest BCUT2D eigenvalue weighted by atomic mass is 79.9. The third kappa shape index (κ3) is 2.16. The summed E-state index contributed by atoms with van der Waals surface area (Å²) in [6.07, 6.45) is 0. The lowest BCUT2D eigenvalue weighted by molar-refractivity contribution is 0.528. The minimum atomic E-state index is -0.354. The molecule has 0 saturated carbocycles. The fraction of sp³-hybridized carbons (Fsp3) is 0.154. The maximum Gasteiger partial charge on any atom is 0.419 e. The highest BCUT2D eigenvalue weighted by Crippen LogP contribution is 2.39. The van der Waals surface area contributed by atoms with E-state index in [0.717, 1.165) is 21.0 Å². The number of hydrogen-bond donors (Lipinski definition) is 0. The summed E-state index contributed by atoms with van der Waals surface area (Å²) in [7, 11) is 1.69. The average Bonchev–Trinajstić information content (AvgIpc) is 2.93. The van der Waals surface area contributed by atoms with E-state index in [0.29, 0.717) is 5.58 Å². The van der Waals surface area contributed by atoms with Gasteiger partial charge < -0.3 is 4.42 Å². The van der Waals surface area contributed by atoms with Gasteiger partial charge in [-0.25, -0.2) is 4.79 Å². The van der Waals surface area contributed by atoms with Gasteiger partial charge in [0.05, 0.1) is 15.4 Å². The Morgan fingerprint density at radius 3 is 2.89 bits per heavy atom. The molecule has 0 fully saturated rings. The summed E-state index contributed by atoms with van der Waals surface area (Å²) < 4.78 is 6.68. The van der Waals surface area contributed by atoms with E-state index in [-0.39, 0.29) is 10.6 Å².